The van der Waals surface area contributed by atoms with Gasteiger partial charge in [-0.1, -0.05) is 6.07 Å². The molecule has 0 heterocycles. The second-order valence-electron chi connectivity index (χ2n) is 4.07. The molecular weight excluding hydrogens is 318 g/mol. The van der Waals surface area contributed by atoms with Crippen molar-refractivity contribution in [2.45, 2.75) is 18.3 Å². The Bertz CT molecular complexity index is 503. The highest BCUT2D eigenvalue weighted by Crippen LogP contribution is 2.27. The molecule has 0 bridgehead atoms. The molecule has 0 saturated carbocycles. The van der Waals surface area contributed by atoms with E-state index < -0.39 is 30.3 Å². The zero-order chi connectivity index (χ0) is 17.4. The maximum Gasteiger partial charge on any atom is 0.335 e. The first-order chi connectivity index (χ1) is 10.1. The van der Waals surface area contributed by atoms with Crippen LogP contribution in [0.1, 0.15) is 11.7 Å². The van der Waals surface area contributed by atoms with Crippen molar-refractivity contribution >= 4 is 11.9 Å². The van der Waals surface area contributed by atoms with Gasteiger partial charge in [-0.2, -0.15) is 0 Å². The summed E-state index contributed by atoms with van der Waals surface area (Å²) in [5, 5.41) is 59.7. The van der Waals surface area contributed by atoms with Crippen LogP contribution in [0.2, 0.25) is 0 Å². The molecule has 0 spiro atoms. The molecule has 0 aliphatic carbocycles. The van der Waals surface area contributed by atoms with Gasteiger partial charge in [0.2, 0.25) is 0 Å². The molecule has 0 saturated heterocycles. The van der Waals surface area contributed by atoms with E-state index in [9.17, 15) is 14.7 Å². The van der Waals surface area contributed by atoms with E-state index in [0.29, 0.717) is 5.56 Å². The van der Waals surface area contributed by atoms with E-state index >= 15 is 0 Å². The van der Waals surface area contributed by atoms with Crippen molar-refractivity contribution in [2.75, 3.05) is 6.54 Å². The van der Waals surface area contributed by atoms with Crippen LogP contribution in [0.4, 0.5) is 0 Å². The Morgan fingerprint density at radius 3 is 1.70 bits per heavy atom. The number of aliphatic carboxylic acids is 2. The number of aliphatic hydroxyl groups excluding tert-OH is 3. The Kier molecular flexibility index (Phi) is 10.2. The van der Waals surface area contributed by atoms with E-state index in [2.05, 4.69) is 0 Å². The summed E-state index contributed by atoms with van der Waals surface area (Å²) in [6, 6.07) is 4.10. The number of hydrogen-bond donors (Lipinski definition) is 8. The van der Waals surface area contributed by atoms with Crippen molar-refractivity contribution in [3.05, 3.63) is 23.8 Å². The molecule has 3 atom stereocenters. The lowest BCUT2D eigenvalue weighted by atomic mass is 10.1. The van der Waals surface area contributed by atoms with Gasteiger partial charge in [-0.15, -0.1) is 0 Å². The highest BCUT2D eigenvalue weighted by Gasteiger charge is 2.29. The fourth-order valence-corrected chi connectivity index (χ4v) is 1.15. The van der Waals surface area contributed by atoms with Crippen LogP contribution in [0.15, 0.2) is 18.2 Å². The number of carboxylic acids is 2. The van der Waals surface area contributed by atoms with Gasteiger partial charge >= 0.3 is 11.9 Å². The van der Waals surface area contributed by atoms with Crippen LogP contribution in [0.5, 0.6) is 11.5 Å². The minimum Gasteiger partial charge on any atom is -0.504 e. The third kappa shape index (κ3) is 7.39. The maximum atomic E-state index is 9.77. The smallest absolute Gasteiger partial charge is 0.335 e. The highest BCUT2D eigenvalue weighted by atomic mass is 16.4. The van der Waals surface area contributed by atoms with Gasteiger partial charge in [0.25, 0.3) is 0 Å². The fourth-order valence-electron chi connectivity index (χ4n) is 1.15. The van der Waals surface area contributed by atoms with Crippen molar-refractivity contribution in [3.63, 3.8) is 0 Å². The molecule has 11 nitrogen and oxygen atoms in total. The standard InChI is InChI=1S/C8H11NO3.C4H6O6.H2O/c9-4-8(12)5-1-2-6(10)7(11)3-5;5-1(3(7)8)2(6)4(9)10;/h1-3,8,10-12H,4,9H2;1-2,5-6H,(H,7,8)(H,9,10);1H2. The summed E-state index contributed by atoms with van der Waals surface area (Å²) in [5.41, 5.74) is 5.69. The lowest BCUT2D eigenvalue weighted by Crippen LogP contribution is -2.39. The molecular formula is C12H19NO10. The Morgan fingerprint density at radius 1 is 0.957 bits per heavy atom. The normalized spacial score (nSPS) is 13.6. The predicted molar refractivity (Wildman–Crippen MR) is 74.7 cm³/mol. The second kappa shape index (κ2) is 10.3. The van der Waals surface area contributed by atoms with Crippen molar-refractivity contribution in [3.8, 4) is 11.5 Å². The molecule has 0 aliphatic heterocycles. The van der Waals surface area contributed by atoms with Crippen LogP contribution >= 0.6 is 0 Å². The topological polar surface area (TPSA) is 233 Å². The van der Waals surface area contributed by atoms with Crippen LogP contribution < -0.4 is 5.73 Å². The minimum absolute atomic E-state index is 0. The van der Waals surface area contributed by atoms with Gasteiger partial charge in [-0.3, -0.25) is 0 Å². The monoisotopic (exact) mass is 337 g/mol. The third-order valence-corrected chi connectivity index (χ3v) is 2.41. The largest absolute Gasteiger partial charge is 0.504 e. The van der Waals surface area contributed by atoms with Crippen molar-refractivity contribution in [1.29, 1.82) is 0 Å². The maximum absolute atomic E-state index is 9.77. The van der Waals surface area contributed by atoms with E-state index in [4.69, 9.17) is 36.4 Å². The average molecular weight is 337 g/mol. The molecule has 0 fully saturated rings. The van der Waals surface area contributed by atoms with Crippen molar-refractivity contribution < 1.29 is 50.8 Å². The number of hydrogen-bond acceptors (Lipinski definition) is 8. The Labute approximate surface area is 129 Å². The SMILES string of the molecule is NCC(O)c1ccc(O)c(O)c1.O.O=C(O)C(O)C(O)C(=O)O. The molecule has 0 aromatic heterocycles. The van der Waals surface area contributed by atoms with Crippen LogP contribution in [-0.4, -0.2) is 71.9 Å². The zero-order valence-corrected chi connectivity index (χ0v) is 11.7. The molecule has 1 aromatic rings. The quantitative estimate of drug-likeness (QED) is 0.256. The molecule has 132 valence electrons. The Hall–Kier alpha value is -2.44. The molecule has 0 aliphatic rings. The van der Waals surface area contributed by atoms with Gasteiger partial charge in [0.15, 0.2) is 23.7 Å². The van der Waals surface area contributed by atoms with E-state index in [1.165, 1.54) is 18.2 Å². The molecule has 11 heteroatoms. The lowest BCUT2D eigenvalue weighted by Gasteiger charge is -2.08. The highest BCUT2D eigenvalue weighted by molar-refractivity contribution is 5.83. The van der Waals surface area contributed by atoms with Crippen LogP contribution in [0.3, 0.4) is 0 Å². The number of phenolic OH excluding ortho intramolecular Hbond substituents is 2. The van der Waals surface area contributed by atoms with Crippen molar-refractivity contribution in [1.82, 2.24) is 0 Å². The number of carboxylic acid groups (broad SMARTS) is 2. The van der Waals surface area contributed by atoms with Gasteiger partial charge < -0.3 is 47.0 Å². The number of aliphatic hydroxyl groups is 3. The molecule has 23 heavy (non-hydrogen) atoms. The Morgan fingerprint density at radius 2 is 1.39 bits per heavy atom. The summed E-state index contributed by atoms with van der Waals surface area (Å²) in [7, 11) is 0. The lowest BCUT2D eigenvalue weighted by molar-refractivity contribution is -0.165. The van der Waals surface area contributed by atoms with Gasteiger partial charge in [0, 0.05) is 6.54 Å². The first-order valence-electron chi connectivity index (χ1n) is 5.83. The van der Waals surface area contributed by atoms with Crippen LogP contribution in [-0.2, 0) is 9.59 Å². The van der Waals surface area contributed by atoms with E-state index in [1.807, 2.05) is 0 Å². The first kappa shape index (κ1) is 22.8. The Balaban J connectivity index is 0. The van der Waals surface area contributed by atoms with Gasteiger partial charge in [-0.05, 0) is 17.7 Å². The van der Waals surface area contributed by atoms with E-state index in [-0.39, 0.29) is 23.5 Å². The van der Waals surface area contributed by atoms with Gasteiger partial charge in [0.05, 0.1) is 6.10 Å². The number of nitrogens with two attached hydrogens (primary N) is 1. The molecule has 1 aromatic carbocycles. The minimum atomic E-state index is -2.27. The van der Waals surface area contributed by atoms with Gasteiger partial charge in [0.1, 0.15) is 0 Å². The van der Waals surface area contributed by atoms with Crippen molar-refractivity contribution in [2.24, 2.45) is 5.73 Å². The van der Waals surface area contributed by atoms with Crippen LogP contribution in [0.25, 0.3) is 0 Å². The third-order valence-electron chi connectivity index (χ3n) is 2.41. The summed E-state index contributed by atoms with van der Waals surface area (Å²) in [6.45, 7) is 0.0875. The summed E-state index contributed by atoms with van der Waals surface area (Å²) in [6.07, 6.45) is -5.33. The number of rotatable bonds is 5. The van der Waals surface area contributed by atoms with Gasteiger partial charge in [-0.25, -0.2) is 9.59 Å². The predicted octanol–water partition coefficient (Wildman–Crippen LogP) is -2.86. The average Bonchev–Trinajstić information content (AvgIpc) is 2.48. The zero-order valence-electron chi connectivity index (χ0n) is 11.7. The van der Waals surface area contributed by atoms with E-state index in [1.54, 1.807) is 0 Å². The van der Waals surface area contributed by atoms with Crippen LogP contribution in [0, 0.1) is 0 Å². The summed E-state index contributed by atoms with van der Waals surface area (Å²) in [4.78, 5) is 19.5. The summed E-state index contributed by atoms with van der Waals surface area (Å²) in [5.74, 6) is -3.99. The number of phenols is 2. The number of carbonyl (C=O) groups is 2. The molecule has 0 amide bonds. The molecule has 1 rings (SSSR count). The first-order valence-corrected chi connectivity index (χ1v) is 5.83. The summed E-state index contributed by atoms with van der Waals surface area (Å²) >= 11 is 0. The summed E-state index contributed by atoms with van der Waals surface area (Å²) < 4.78 is 0. The number of benzene rings is 1. The molecule has 0 radical (unpaired) electrons. The fraction of sp³-hybridized carbons (Fsp3) is 0.333. The number of aromatic hydroxyl groups is 2. The van der Waals surface area contributed by atoms with E-state index in [0.717, 1.165) is 0 Å². The molecule has 3 unspecified atom stereocenters. The molecule has 11 N–H and O–H groups in total. The second-order valence-corrected chi connectivity index (χ2v) is 4.07.